The minimum atomic E-state index is -0.180. The first-order valence-corrected chi connectivity index (χ1v) is 8.69. The van der Waals surface area contributed by atoms with Gasteiger partial charge in [0.25, 0.3) is 0 Å². The zero-order valence-electron chi connectivity index (χ0n) is 15.2. The van der Waals surface area contributed by atoms with E-state index in [9.17, 15) is 10.2 Å². The third kappa shape index (κ3) is 4.65. The number of benzene rings is 1. The predicted octanol–water partition coefficient (Wildman–Crippen LogP) is 3.09. The van der Waals surface area contributed by atoms with Crippen LogP contribution in [-0.2, 0) is 6.61 Å². The molecule has 0 aliphatic carbocycles. The Morgan fingerprint density at radius 2 is 1.88 bits per heavy atom. The second kappa shape index (κ2) is 9.30. The number of aliphatic hydroxyl groups excluding tert-OH is 1. The molecule has 0 aliphatic rings. The monoisotopic (exact) mass is 341 g/mol. The number of pyridine rings is 1. The first-order chi connectivity index (χ1) is 12.1. The molecule has 0 spiro atoms. The number of aromatic nitrogens is 1. The lowest BCUT2D eigenvalue weighted by Crippen LogP contribution is -2.30. The molecule has 5 heteroatoms. The Hall–Kier alpha value is -2.24. The van der Waals surface area contributed by atoms with Crippen LogP contribution in [0.25, 0.3) is 0 Å². The maximum absolute atomic E-state index is 10.2. The van der Waals surface area contributed by atoms with Gasteiger partial charge >= 0.3 is 0 Å². The fraction of sp³-hybridized carbons (Fsp3) is 0.400. The van der Waals surface area contributed by atoms with Crippen molar-refractivity contribution >= 4 is 6.21 Å². The van der Waals surface area contributed by atoms with Crippen LogP contribution in [0.2, 0.25) is 0 Å². The van der Waals surface area contributed by atoms with Crippen LogP contribution < -0.4 is 0 Å². The Kier molecular flexibility index (Phi) is 7.10. The molecule has 0 saturated carbocycles. The normalized spacial score (nSPS) is 12.8. The van der Waals surface area contributed by atoms with Gasteiger partial charge in [0.15, 0.2) is 0 Å². The summed E-state index contributed by atoms with van der Waals surface area (Å²) in [4.78, 5) is 11.0. The van der Waals surface area contributed by atoms with Crippen molar-refractivity contribution in [1.82, 2.24) is 9.88 Å². The van der Waals surface area contributed by atoms with Crippen LogP contribution in [0.3, 0.4) is 0 Å². The fourth-order valence-electron chi connectivity index (χ4n) is 2.94. The summed E-state index contributed by atoms with van der Waals surface area (Å²) in [7, 11) is 0. The first kappa shape index (κ1) is 19.1. The Morgan fingerprint density at radius 3 is 2.48 bits per heavy atom. The SMILES string of the molecule is CCN(CC)[C@@H](CN=Cc1c(CO)cnc(C)c1O)c1ccccc1. The minimum absolute atomic E-state index is 0.0781. The minimum Gasteiger partial charge on any atom is -0.505 e. The van der Waals surface area contributed by atoms with Gasteiger partial charge in [-0.15, -0.1) is 0 Å². The summed E-state index contributed by atoms with van der Waals surface area (Å²) in [5.41, 5.74) is 2.87. The standard InChI is InChI=1S/C20H27N3O2/c1-4-23(5-2)19(16-9-7-6-8-10-16)13-21-12-18-17(14-24)11-22-15(3)20(18)25/h6-12,19,24-25H,4-5,13-14H2,1-3H3/t19-/m0/s1. The van der Waals surface area contributed by atoms with Crippen molar-refractivity contribution < 1.29 is 10.2 Å². The molecule has 0 aliphatic heterocycles. The van der Waals surface area contributed by atoms with Crippen molar-refractivity contribution in [2.24, 2.45) is 4.99 Å². The number of hydrogen-bond acceptors (Lipinski definition) is 5. The molecular formula is C20H27N3O2. The number of nitrogens with zero attached hydrogens (tertiary/aromatic N) is 3. The van der Waals surface area contributed by atoms with E-state index in [0.29, 0.717) is 23.4 Å². The topological polar surface area (TPSA) is 69.0 Å². The summed E-state index contributed by atoms with van der Waals surface area (Å²) in [6, 6.07) is 10.5. The Morgan fingerprint density at radius 1 is 1.20 bits per heavy atom. The molecule has 2 aromatic rings. The number of aryl methyl sites for hydroxylation is 1. The molecule has 5 nitrogen and oxygen atoms in total. The van der Waals surface area contributed by atoms with Gasteiger partial charge in [0.1, 0.15) is 5.75 Å². The van der Waals surface area contributed by atoms with E-state index in [4.69, 9.17) is 0 Å². The van der Waals surface area contributed by atoms with Gasteiger partial charge in [-0.1, -0.05) is 44.2 Å². The van der Waals surface area contributed by atoms with Crippen molar-refractivity contribution in [2.45, 2.75) is 33.4 Å². The van der Waals surface area contributed by atoms with Crippen LogP contribution in [0.15, 0.2) is 41.5 Å². The van der Waals surface area contributed by atoms with Crippen molar-refractivity contribution in [3.63, 3.8) is 0 Å². The summed E-state index contributed by atoms with van der Waals surface area (Å²) in [5.74, 6) is 0.0781. The van der Waals surface area contributed by atoms with E-state index in [2.05, 4.69) is 40.9 Å². The number of rotatable bonds is 8. The van der Waals surface area contributed by atoms with Gasteiger partial charge in [-0.2, -0.15) is 0 Å². The molecule has 2 rings (SSSR count). The Labute approximate surface area is 149 Å². The smallest absolute Gasteiger partial charge is 0.145 e. The lowest BCUT2D eigenvalue weighted by atomic mass is 10.1. The van der Waals surface area contributed by atoms with Crippen LogP contribution in [-0.4, -0.2) is 45.9 Å². The number of aromatic hydroxyl groups is 1. The second-order valence-electron chi connectivity index (χ2n) is 5.93. The number of hydrogen-bond donors (Lipinski definition) is 2. The average molecular weight is 341 g/mol. The number of aliphatic hydroxyl groups is 1. The molecular weight excluding hydrogens is 314 g/mol. The summed E-state index contributed by atoms with van der Waals surface area (Å²) in [6.07, 6.45) is 3.23. The maximum atomic E-state index is 10.2. The van der Waals surface area contributed by atoms with Gasteiger partial charge in [-0.3, -0.25) is 14.9 Å². The fourth-order valence-corrected chi connectivity index (χ4v) is 2.94. The zero-order chi connectivity index (χ0) is 18.2. The number of aliphatic imine (C=N–C) groups is 1. The lowest BCUT2D eigenvalue weighted by molar-refractivity contribution is 0.224. The molecule has 0 saturated heterocycles. The molecule has 1 aromatic heterocycles. The Balaban J connectivity index is 2.26. The molecule has 25 heavy (non-hydrogen) atoms. The molecule has 1 aromatic carbocycles. The van der Waals surface area contributed by atoms with Gasteiger partial charge < -0.3 is 10.2 Å². The lowest BCUT2D eigenvalue weighted by Gasteiger charge is -2.28. The first-order valence-electron chi connectivity index (χ1n) is 8.69. The van der Waals surface area contributed by atoms with Crippen LogP contribution in [0, 0.1) is 6.92 Å². The van der Waals surface area contributed by atoms with E-state index < -0.39 is 0 Å². The largest absolute Gasteiger partial charge is 0.505 e. The highest BCUT2D eigenvalue weighted by Gasteiger charge is 2.17. The van der Waals surface area contributed by atoms with E-state index in [1.165, 1.54) is 5.56 Å². The highest BCUT2D eigenvalue weighted by Crippen LogP contribution is 2.23. The molecule has 0 bridgehead atoms. The van der Waals surface area contributed by atoms with E-state index in [1.807, 2.05) is 18.2 Å². The van der Waals surface area contributed by atoms with Crippen molar-refractivity contribution in [2.75, 3.05) is 19.6 Å². The van der Waals surface area contributed by atoms with E-state index in [0.717, 1.165) is 13.1 Å². The van der Waals surface area contributed by atoms with E-state index in [1.54, 1.807) is 19.3 Å². The third-order valence-corrected chi connectivity index (χ3v) is 4.46. The summed E-state index contributed by atoms with van der Waals surface area (Å²) in [6.45, 7) is 8.30. The molecule has 134 valence electrons. The van der Waals surface area contributed by atoms with Crippen LogP contribution in [0.5, 0.6) is 5.75 Å². The molecule has 1 heterocycles. The van der Waals surface area contributed by atoms with Crippen molar-refractivity contribution in [3.8, 4) is 5.75 Å². The molecule has 0 radical (unpaired) electrons. The Bertz CT molecular complexity index is 698. The van der Waals surface area contributed by atoms with E-state index in [-0.39, 0.29) is 18.4 Å². The second-order valence-corrected chi connectivity index (χ2v) is 5.93. The highest BCUT2D eigenvalue weighted by molar-refractivity contribution is 5.85. The molecule has 2 N–H and O–H groups in total. The highest BCUT2D eigenvalue weighted by atomic mass is 16.3. The zero-order valence-corrected chi connectivity index (χ0v) is 15.2. The quantitative estimate of drug-likeness (QED) is 0.724. The summed E-state index contributed by atoms with van der Waals surface area (Å²) >= 11 is 0. The van der Waals surface area contributed by atoms with Crippen molar-refractivity contribution in [1.29, 1.82) is 0 Å². The summed E-state index contributed by atoms with van der Waals surface area (Å²) in [5, 5.41) is 19.7. The van der Waals surface area contributed by atoms with Gasteiger partial charge in [-0.25, -0.2) is 0 Å². The molecule has 0 unspecified atom stereocenters. The van der Waals surface area contributed by atoms with Crippen LogP contribution in [0.1, 0.15) is 42.3 Å². The molecule has 0 amide bonds. The average Bonchev–Trinajstić information content (AvgIpc) is 2.65. The molecule has 0 fully saturated rings. The van der Waals surface area contributed by atoms with E-state index >= 15 is 0 Å². The van der Waals surface area contributed by atoms with Crippen molar-refractivity contribution in [3.05, 3.63) is 58.9 Å². The van der Waals surface area contributed by atoms with Gasteiger partial charge in [0.05, 0.1) is 24.9 Å². The third-order valence-electron chi connectivity index (χ3n) is 4.46. The van der Waals surface area contributed by atoms with Crippen LogP contribution in [0.4, 0.5) is 0 Å². The molecule has 1 atom stereocenters. The maximum Gasteiger partial charge on any atom is 0.145 e. The number of likely N-dealkylation sites (N-methyl/N-ethyl adjacent to an activating group) is 1. The predicted molar refractivity (Wildman–Crippen MR) is 101 cm³/mol. The van der Waals surface area contributed by atoms with Gasteiger partial charge in [0.2, 0.25) is 0 Å². The van der Waals surface area contributed by atoms with Gasteiger partial charge in [0, 0.05) is 23.5 Å². The van der Waals surface area contributed by atoms with Crippen LogP contribution >= 0.6 is 0 Å². The summed E-state index contributed by atoms with van der Waals surface area (Å²) < 4.78 is 0. The van der Waals surface area contributed by atoms with Gasteiger partial charge in [-0.05, 0) is 25.6 Å².